The van der Waals surface area contributed by atoms with Gasteiger partial charge in [0, 0.05) is 29.9 Å². The van der Waals surface area contributed by atoms with Crippen LogP contribution in [0, 0.1) is 11.7 Å². The minimum atomic E-state index is -0.447. The van der Waals surface area contributed by atoms with Gasteiger partial charge < -0.3 is 15.5 Å². The molecule has 1 saturated heterocycles. The van der Waals surface area contributed by atoms with Crippen molar-refractivity contribution in [2.24, 2.45) is 5.92 Å². The molecule has 0 saturated carbocycles. The Hall–Kier alpha value is -3.22. The zero-order chi connectivity index (χ0) is 22.4. The third-order valence-corrected chi connectivity index (χ3v) is 5.33. The van der Waals surface area contributed by atoms with E-state index in [-0.39, 0.29) is 17.7 Å². The van der Waals surface area contributed by atoms with E-state index in [0.29, 0.717) is 42.2 Å². The molecule has 0 spiro atoms. The summed E-state index contributed by atoms with van der Waals surface area (Å²) in [5.74, 6) is -0.568. The molecule has 2 aromatic rings. The van der Waals surface area contributed by atoms with Crippen molar-refractivity contribution in [2.45, 2.75) is 39.2 Å². The third kappa shape index (κ3) is 5.90. The number of benzene rings is 2. The molecule has 31 heavy (non-hydrogen) atoms. The van der Waals surface area contributed by atoms with E-state index in [4.69, 9.17) is 0 Å². The van der Waals surface area contributed by atoms with Crippen LogP contribution in [0.5, 0.6) is 0 Å². The molecule has 1 aliphatic heterocycles. The van der Waals surface area contributed by atoms with Crippen molar-refractivity contribution in [1.82, 2.24) is 10.2 Å². The Balaban J connectivity index is 1.60. The Morgan fingerprint density at radius 2 is 1.68 bits per heavy atom. The molecule has 0 aliphatic carbocycles. The van der Waals surface area contributed by atoms with Crippen LogP contribution in [0.3, 0.4) is 0 Å². The molecular formula is C24H28FN3O3. The van der Waals surface area contributed by atoms with Gasteiger partial charge in [-0.15, -0.1) is 0 Å². The van der Waals surface area contributed by atoms with Crippen LogP contribution in [-0.4, -0.2) is 41.8 Å². The van der Waals surface area contributed by atoms with E-state index < -0.39 is 11.9 Å². The van der Waals surface area contributed by atoms with E-state index in [1.807, 2.05) is 0 Å². The molecule has 0 aromatic heterocycles. The van der Waals surface area contributed by atoms with Crippen LogP contribution in [-0.2, 0) is 4.79 Å². The highest BCUT2D eigenvalue weighted by Crippen LogP contribution is 2.21. The lowest BCUT2D eigenvalue weighted by Gasteiger charge is -2.24. The molecule has 0 bridgehead atoms. The molecule has 2 aromatic carbocycles. The van der Waals surface area contributed by atoms with Gasteiger partial charge in [-0.3, -0.25) is 14.4 Å². The summed E-state index contributed by atoms with van der Waals surface area (Å²) in [6.45, 7) is 5.36. The first-order valence-corrected chi connectivity index (χ1v) is 10.6. The average molecular weight is 426 g/mol. The van der Waals surface area contributed by atoms with Crippen LogP contribution in [0.15, 0.2) is 48.5 Å². The van der Waals surface area contributed by atoms with Gasteiger partial charge in [-0.05, 0) is 73.7 Å². The zero-order valence-electron chi connectivity index (χ0n) is 17.9. The molecule has 1 unspecified atom stereocenters. The minimum absolute atomic E-state index is 0.102. The van der Waals surface area contributed by atoms with Gasteiger partial charge in [0.05, 0.1) is 0 Å². The molecule has 3 rings (SSSR count). The fraction of sp³-hybridized carbons (Fsp3) is 0.375. The molecule has 3 amide bonds. The largest absolute Gasteiger partial charge is 0.354 e. The number of anilines is 1. The second-order valence-corrected chi connectivity index (χ2v) is 8.17. The van der Waals surface area contributed by atoms with Crippen LogP contribution < -0.4 is 10.6 Å². The van der Waals surface area contributed by atoms with Gasteiger partial charge in [0.2, 0.25) is 5.91 Å². The van der Waals surface area contributed by atoms with Gasteiger partial charge in [0.1, 0.15) is 11.9 Å². The first-order chi connectivity index (χ1) is 14.8. The lowest BCUT2D eigenvalue weighted by molar-refractivity contribution is -0.124. The van der Waals surface area contributed by atoms with Crippen LogP contribution in [0.2, 0.25) is 0 Å². The maximum absolute atomic E-state index is 13.0. The number of hydrogen-bond donors (Lipinski definition) is 2. The SMILES string of the molecule is CC(C)CCNC(=O)C1CCCN1C(=O)c1ccc(NC(=O)c2ccc(F)cc2)cc1. The molecule has 7 heteroatoms. The number of nitrogens with zero attached hydrogens (tertiary/aromatic N) is 1. The monoisotopic (exact) mass is 425 g/mol. The van der Waals surface area contributed by atoms with E-state index in [1.165, 1.54) is 24.3 Å². The summed E-state index contributed by atoms with van der Waals surface area (Å²) in [5, 5.41) is 5.66. The van der Waals surface area contributed by atoms with Crippen LogP contribution in [0.4, 0.5) is 10.1 Å². The van der Waals surface area contributed by atoms with Gasteiger partial charge in [0.15, 0.2) is 0 Å². The third-order valence-electron chi connectivity index (χ3n) is 5.33. The highest BCUT2D eigenvalue weighted by molar-refractivity contribution is 6.04. The molecule has 0 radical (unpaired) electrons. The average Bonchev–Trinajstić information content (AvgIpc) is 3.24. The zero-order valence-corrected chi connectivity index (χ0v) is 17.9. The molecule has 1 heterocycles. The Bertz CT molecular complexity index is 926. The summed E-state index contributed by atoms with van der Waals surface area (Å²) in [6, 6.07) is 11.4. The fourth-order valence-electron chi connectivity index (χ4n) is 3.55. The predicted octanol–water partition coefficient (Wildman–Crippen LogP) is 3.84. The normalized spacial score (nSPS) is 15.7. The Morgan fingerprint density at radius 3 is 2.32 bits per heavy atom. The van der Waals surface area contributed by atoms with Crippen molar-refractivity contribution in [3.8, 4) is 0 Å². The predicted molar refractivity (Wildman–Crippen MR) is 117 cm³/mol. The number of likely N-dealkylation sites (tertiary alicyclic amines) is 1. The van der Waals surface area contributed by atoms with Crippen LogP contribution in [0.1, 0.15) is 53.8 Å². The molecule has 1 aliphatic rings. The van der Waals surface area contributed by atoms with Crippen molar-refractivity contribution in [1.29, 1.82) is 0 Å². The smallest absolute Gasteiger partial charge is 0.255 e. The van der Waals surface area contributed by atoms with Crippen LogP contribution in [0.25, 0.3) is 0 Å². The van der Waals surface area contributed by atoms with Gasteiger partial charge >= 0.3 is 0 Å². The summed E-state index contributed by atoms with van der Waals surface area (Å²) in [5.41, 5.74) is 1.32. The van der Waals surface area contributed by atoms with Gasteiger partial charge in [0.25, 0.3) is 11.8 Å². The second-order valence-electron chi connectivity index (χ2n) is 8.17. The lowest BCUT2D eigenvalue weighted by Crippen LogP contribution is -2.46. The van der Waals surface area contributed by atoms with E-state index >= 15 is 0 Å². The topological polar surface area (TPSA) is 78.5 Å². The summed E-state index contributed by atoms with van der Waals surface area (Å²) in [6.07, 6.45) is 2.35. The Morgan fingerprint density at radius 1 is 1.03 bits per heavy atom. The first kappa shape index (κ1) is 22.5. The molecule has 6 nitrogen and oxygen atoms in total. The van der Waals surface area contributed by atoms with E-state index in [2.05, 4.69) is 24.5 Å². The molecular weight excluding hydrogens is 397 g/mol. The number of nitrogens with one attached hydrogen (secondary N) is 2. The Labute approximate surface area is 181 Å². The van der Waals surface area contributed by atoms with Crippen molar-refractivity contribution >= 4 is 23.4 Å². The van der Waals surface area contributed by atoms with Crippen molar-refractivity contribution < 1.29 is 18.8 Å². The number of carbonyl (C=O) groups excluding carboxylic acids is 3. The van der Waals surface area contributed by atoms with Crippen molar-refractivity contribution in [2.75, 3.05) is 18.4 Å². The fourth-order valence-corrected chi connectivity index (χ4v) is 3.55. The molecule has 1 fully saturated rings. The second kappa shape index (κ2) is 10.2. The maximum Gasteiger partial charge on any atom is 0.255 e. The summed E-state index contributed by atoms with van der Waals surface area (Å²) in [4.78, 5) is 39.4. The Kier molecular flexibility index (Phi) is 7.39. The number of carbonyl (C=O) groups is 3. The van der Waals surface area contributed by atoms with E-state index in [1.54, 1.807) is 29.2 Å². The van der Waals surface area contributed by atoms with E-state index in [9.17, 15) is 18.8 Å². The minimum Gasteiger partial charge on any atom is -0.354 e. The highest BCUT2D eigenvalue weighted by Gasteiger charge is 2.34. The molecule has 1 atom stereocenters. The molecule has 164 valence electrons. The standard InChI is InChI=1S/C24H28FN3O3/c1-16(2)13-14-26-23(30)21-4-3-15-28(21)24(31)18-7-11-20(12-8-18)27-22(29)17-5-9-19(25)10-6-17/h5-12,16,21H,3-4,13-15H2,1-2H3,(H,26,30)(H,27,29). The highest BCUT2D eigenvalue weighted by atomic mass is 19.1. The number of halogens is 1. The number of rotatable bonds is 7. The summed E-state index contributed by atoms with van der Waals surface area (Å²) >= 11 is 0. The van der Waals surface area contributed by atoms with Crippen molar-refractivity contribution in [3.63, 3.8) is 0 Å². The molecule has 2 N–H and O–H groups in total. The van der Waals surface area contributed by atoms with Crippen LogP contribution >= 0.6 is 0 Å². The lowest BCUT2D eigenvalue weighted by atomic mass is 10.1. The van der Waals surface area contributed by atoms with Gasteiger partial charge in [-0.25, -0.2) is 4.39 Å². The number of hydrogen-bond acceptors (Lipinski definition) is 3. The first-order valence-electron chi connectivity index (χ1n) is 10.6. The van der Waals surface area contributed by atoms with Gasteiger partial charge in [-0.1, -0.05) is 13.8 Å². The maximum atomic E-state index is 13.0. The number of amides is 3. The van der Waals surface area contributed by atoms with Crippen molar-refractivity contribution in [3.05, 3.63) is 65.5 Å². The summed E-state index contributed by atoms with van der Waals surface area (Å²) < 4.78 is 13.0. The quantitative estimate of drug-likeness (QED) is 0.707. The van der Waals surface area contributed by atoms with E-state index in [0.717, 1.165) is 12.8 Å². The van der Waals surface area contributed by atoms with Gasteiger partial charge in [-0.2, -0.15) is 0 Å². The summed E-state index contributed by atoms with van der Waals surface area (Å²) in [7, 11) is 0.